The molecule has 0 radical (unpaired) electrons. The minimum Gasteiger partial charge on any atom is -0.384 e. The smallest absolute Gasteiger partial charge is 0.123 e. The van der Waals surface area contributed by atoms with Crippen LogP contribution in [-0.2, 0) is 0 Å². The lowest BCUT2D eigenvalue weighted by atomic mass is 10.1. The number of anilines is 1. The number of nitrogens with zero attached hydrogens (tertiary/aromatic N) is 3. The average Bonchev–Trinajstić information content (AvgIpc) is 2.89. The molecule has 0 saturated heterocycles. The van der Waals surface area contributed by atoms with Gasteiger partial charge in [0.2, 0.25) is 0 Å². The Labute approximate surface area is 104 Å². The van der Waals surface area contributed by atoms with Crippen LogP contribution in [0.5, 0.6) is 0 Å². The summed E-state index contributed by atoms with van der Waals surface area (Å²) in [4.78, 5) is 8.30. The summed E-state index contributed by atoms with van der Waals surface area (Å²) in [6, 6.07) is 9.46. The van der Waals surface area contributed by atoms with Crippen molar-refractivity contribution in [3.63, 3.8) is 0 Å². The van der Waals surface area contributed by atoms with Crippen molar-refractivity contribution in [1.82, 2.24) is 20.2 Å². The summed E-state index contributed by atoms with van der Waals surface area (Å²) < 4.78 is 0. The van der Waals surface area contributed by atoms with Gasteiger partial charge in [-0.15, -0.1) is 0 Å². The average molecular weight is 237 g/mol. The molecule has 0 bridgehead atoms. The number of aromatic nitrogens is 4. The zero-order valence-electron chi connectivity index (χ0n) is 9.54. The number of H-pyrrole nitrogens is 1. The quantitative estimate of drug-likeness (QED) is 0.715. The summed E-state index contributed by atoms with van der Waals surface area (Å²) in [6.07, 6.45) is 5.19. The number of nitrogen functional groups attached to an aromatic ring is 1. The van der Waals surface area contributed by atoms with Gasteiger partial charge >= 0.3 is 0 Å². The van der Waals surface area contributed by atoms with Gasteiger partial charge in [-0.25, -0.2) is 4.98 Å². The van der Waals surface area contributed by atoms with E-state index in [1.54, 1.807) is 18.6 Å². The van der Waals surface area contributed by atoms with Gasteiger partial charge in [-0.2, -0.15) is 5.10 Å². The summed E-state index contributed by atoms with van der Waals surface area (Å²) in [5.74, 6) is 0.487. The predicted octanol–water partition coefficient (Wildman–Crippen LogP) is 2.12. The summed E-state index contributed by atoms with van der Waals surface area (Å²) >= 11 is 0. The first-order chi connectivity index (χ1) is 8.84. The lowest BCUT2D eigenvalue weighted by molar-refractivity contribution is 1.09. The van der Waals surface area contributed by atoms with Crippen molar-refractivity contribution in [2.24, 2.45) is 0 Å². The lowest BCUT2D eigenvalue weighted by Crippen LogP contribution is -1.90. The molecule has 0 aliphatic heterocycles. The molecule has 0 saturated carbocycles. The van der Waals surface area contributed by atoms with Crippen LogP contribution in [0.25, 0.3) is 22.5 Å². The van der Waals surface area contributed by atoms with Crippen molar-refractivity contribution in [1.29, 1.82) is 0 Å². The van der Waals surface area contributed by atoms with Crippen molar-refractivity contribution in [3.8, 4) is 22.5 Å². The van der Waals surface area contributed by atoms with E-state index in [2.05, 4.69) is 20.2 Å². The van der Waals surface area contributed by atoms with Crippen molar-refractivity contribution in [2.45, 2.75) is 0 Å². The maximum Gasteiger partial charge on any atom is 0.123 e. The molecular formula is C13H11N5. The van der Waals surface area contributed by atoms with Crippen LogP contribution < -0.4 is 5.73 Å². The summed E-state index contributed by atoms with van der Waals surface area (Å²) in [5.41, 5.74) is 9.35. The van der Waals surface area contributed by atoms with E-state index >= 15 is 0 Å². The highest BCUT2D eigenvalue weighted by atomic mass is 15.1. The first kappa shape index (κ1) is 10.5. The van der Waals surface area contributed by atoms with Gasteiger partial charge in [-0.1, -0.05) is 6.07 Å². The van der Waals surface area contributed by atoms with Crippen LogP contribution in [0.4, 0.5) is 5.82 Å². The topological polar surface area (TPSA) is 80.5 Å². The molecule has 0 spiro atoms. The summed E-state index contributed by atoms with van der Waals surface area (Å²) in [5, 5.41) is 7.04. The second-order valence-electron chi connectivity index (χ2n) is 3.84. The number of hydrogen-bond donors (Lipinski definition) is 2. The third kappa shape index (κ3) is 1.82. The van der Waals surface area contributed by atoms with E-state index in [1.807, 2.05) is 30.3 Å². The number of rotatable bonds is 2. The number of nitrogens with two attached hydrogens (primary N) is 1. The number of aromatic amines is 1. The van der Waals surface area contributed by atoms with E-state index in [9.17, 15) is 0 Å². The maximum atomic E-state index is 5.70. The fourth-order valence-corrected chi connectivity index (χ4v) is 1.83. The van der Waals surface area contributed by atoms with Gasteiger partial charge in [-0.05, 0) is 29.8 Å². The van der Waals surface area contributed by atoms with Crippen molar-refractivity contribution in [3.05, 3.63) is 48.9 Å². The normalized spacial score (nSPS) is 10.4. The third-order valence-corrected chi connectivity index (χ3v) is 2.65. The Bertz CT molecular complexity index is 660. The largest absolute Gasteiger partial charge is 0.384 e. The summed E-state index contributed by atoms with van der Waals surface area (Å²) in [7, 11) is 0. The van der Waals surface area contributed by atoms with E-state index in [0.29, 0.717) is 5.82 Å². The second-order valence-corrected chi connectivity index (χ2v) is 3.84. The highest BCUT2D eigenvalue weighted by Crippen LogP contribution is 2.28. The van der Waals surface area contributed by atoms with Gasteiger partial charge in [-0.3, -0.25) is 10.1 Å². The van der Waals surface area contributed by atoms with Gasteiger partial charge in [0.15, 0.2) is 0 Å². The zero-order chi connectivity index (χ0) is 12.4. The van der Waals surface area contributed by atoms with E-state index in [0.717, 1.165) is 22.5 Å². The van der Waals surface area contributed by atoms with E-state index in [4.69, 9.17) is 5.73 Å². The van der Waals surface area contributed by atoms with Crippen LogP contribution in [0.3, 0.4) is 0 Å². The number of nitrogens with one attached hydrogen (secondary N) is 1. The van der Waals surface area contributed by atoms with Crippen molar-refractivity contribution >= 4 is 5.82 Å². The maximum absolute atomic E-state index is 5.70. The SMILES string of the molecule is Nc1cc(-c2cn[nH]c2-c2ccccn2)ccn1. The van der Waals surface area contributed by atoms with Crippen molar-refractivity contribution < 1.29 is 0 Å². The lowest BCUT2D eigenvalue weighted by Gasteiger charge is -2.03. The molecule has 5 heteroatoms. The third-order valence-electron chi connectivity index (χ3n) is 2.65. The molecule has 5 nitrogen and oxygen atoms in total. The minimum atomic E-state index is 0.487. The van der Waals surface area contributed by atoms with Gasteiger partial charge < -0.3 is 5.73 Å². The molecule has 3 heterocycles. The standard InChI is InChI=1S/C13H11N5/c14-12-7-9(4-6-16-12)10-8-17-18-13(10)11-3-1-2-5-15-11/h1-8H,(H2,14,16)(H,17,18). The van der Waals surface area contributed by atoms with E-state index in [-0.39, 0.29) is 0 Å². The van der Waals surface area contributed by atoms with Crippen LogP contribution in [0.15, 0.2) is 48.9 Å². The Morgan fingerprint density at radius 3 is 2.78 bits per heavy atom. The highest BCUT2D eigenvalue weighted by Gasteiger charge is 2.10. The molecule has 3 aromatic rings. The van der Waals surface area contributed by atoms with Crippen LogP contribution in [-0.4, -0.2) is 20.2 Å². The highest BCUT2D eigenvalue weighted by molar-refractivity contribution is 5.79. The molecule has 0 aromatic carbocycles. The molecular weight excluding hydrogens is 226 g/mol. The van der Waals surface area contributed by atoms with Crippen molar-refractivity contribution in [2.75, 3.05) is 5.73 Å². The van der Waals surface area contributed by atoms with Crippen LogP contribution in [0.1, 0.15) is 0 Å². The molecule has 0 aliphatic carbocycles. The molecule has 3 aromatic heterocycles. The molecule has 0 aliphatic rings. The van der Waals surface area contributed by atoms with Gasteiger partial charge in [0.25, 0.3) is 0 Å². The fourth-order valence-electron chi connectivity index (χ4n) is 1.83. The Kier molecular flexibility index (Phi) is 2.49. The Balaban J connectivity index is 2.13. The minimum absolute atomic E-state index is 0.487. The Morgan fingerprint density at radius 1 is 1.06 bits per heavy atom. The molecule has 0 fully saturated rings. The Morgan fingerprint density at radius 2 is 2.00 bits per heavy atom. The van der Waals surface area contributed by atoms with Gasteiger partial charge in [0, 0.05) is 18.0 Å². The second kappa shape index (κ2) is 4.29. The van der Waals surface area contributed by atoms with Crippen LogP contribution in [0, 0.1) is 0 Å². The molecule has 88 valence electrons. The fraction of sp³-hybridized carbons (Fsp3) is 0. The number of hydrogen-bond acceptors (Lipinski definition) is 4. The monoisotopic (exact) mass is 237 g/mol. The molecule has 0 atom stereocenters. The zero-order valence-corrected chi connectivity index (χ0v) is 9.54. The Hall–Kier alpha value is -2.69. The molecule has 3 rings (SSSR count). The molecule has 0 amide bonds. The van der Waals surface area contributed by atoms with E-state index in [1.165, 1.54) is 0 Å². The molecule has 3 N–H and O–H groups in total. The molecule has 0 unspecified atom stereocenters. The van der Waals surface area contributed by atoms with E-state index < -0.39 is 0 Å². The van der Waals surface area contributed by atoms with Gasteiger partial charge in [0.05, 0.1) is 17.6 Å². The first-order valence-electron chi connectivity index (χ1n) is 5.51. The number of pyridine rings is 2. The molecule has 18 heavy (non-hydrogen) atoms. The van der Waals surface area contributed by atoms with Crippen LogP contribution >= 0.6 is 0 Å². The van der Waals surface area contributed by atoms with Gasteiger partial charge in [0.1, 0.15) is 5.82 Å². The summed E-state index contributed by atoms with van der Waals surface area (Å²) in [6.45, 7) is 0. The first-order valence-corrected chi connectivity index (χ1v) is 5.51. The van der Waals surface area contributed by atoms with Crippen LogP contribution in [0.2, 0.25) is 0 Å². The predicted molar refractivity (Wildman–Crippen MR) is 69.5 cm³/mol.